The van der Waals surface area contributed by atoms with Crippen molar-refractivity contribution in [3.8, 4) is 0 Å². The number of piperidine rings is 1. The smallest absolute Gasteiger partial charge is 0.125 e. The molecule has 1 aliphatic rings. The summed E-state index contributed by atoms with van der Waals surface area (Å²) in [5, 5.41) is 0. The lowest BCUT2D eigenvalue weighted by molar-refractivity contribution is 0.205. The van der Waals surface area contributed by atoms with Crippen molar-refractivity contribution in [2.75, 3.05) is 26.0 Å². The van der Waals surface area contributed by atoms with E-state index in [2.05, 4.69) is 21.5 Å². The van der Waals surface area contributed by atoms with Crippen molar-refractivity contribution < 1.29 is 4.39 Å². The molecule has 0 N–H and O–H groups in total. The van der Waals surface area contributed by atoms with Gasteiger partial charge in [-0.05, 0) is 51.0 Å². The summed E-state index contributed by atoms with van der Waals surface area (Å²) in [6.45, 7) is 3.26. The second kappa shape index (κ2) is 6.32. The standard InChI is InChI=1S/C16H21ClFN3/c1-20-8-5-12(6-9-20)11-21-15-3-2-13(18)10-14(15)19-16(21)4-7-17/h2-3,10,12H,4-9,11H2,1H3. The minimum absolute atomic E-state index is 0.233. The van der Waals surface area contributed by atoms with Gasteiger partial charge in [-0.2, -0.15) is 0 Å². The number of hydrogen-bond donors (Lipinski definition) is 0. The van der Waals surface area contributed by atoms with E-state index < -0.39 is 0 Å². The number of aryl methyl sites for hydroxylation is 1. The number of rotatable bonds is 4. The summed E-state index contributed by atoms with van der Waals surface area (Å²) in [4.78, 5) is 6.94. The molecule has 1 aromatic heterocycles. The quantitative estimate of drug-likeness (QED) is 0.808. The van der Waals surface area contributed by atoms with Crippen LogP contribution in [-0.2, 0) is 13.0 Å². The fourth-order valence-electron chi connectivity index (χ4n) is 3.13. The Balaban J connectivity index is 1.89. The van der Waals surface area contributed by atoms with Crippen LogP contribution in [0.1, 0.15) is 18.7 Å². The van der Waals surface area contributed by atoms with E-state index in [1.807, 2.05) is 6.07 Å². The Labute approximate surface area is 129 Å². The van der Waals surface area contributed by atoms with Gasteiger partial charge in [0.1, 0.15) is 11.6 Å². The zero-order valence-corrected chi connectivity index (χ0v) is 13.1. The van der Waals surface area contributed by atoms with Gasteiger partial charge in [0.15, 0.2) is 0 Å². The Morgan fingerprint density at radius 2 is 2.10 bits per heavy atom. The summed E-state index contributed by atoms with van der Waals surface area (Å²) in [7, 11) is 2.17. The van der Waals surface area contributed by atoms with Crippen molar-refractivity contribution in [3.05, 3.63) is 29.8 Å². The van der Waals surface area contributed by atoms with Crippen LogP contribution in [0.2, 0.25) is 0 Å². The highest BCUT2D eigenvalue weighted by Crippen LogP contribution is 2.24. The van der Waals surface area contributed by atoms with Gasteiger partial charge in [-0.15, -0.1) is 11.6 Å². The van der Waals surface area contributed by atoms with Crippen LogP contribution in [0.3, 0.4) is 0 Å². The number of alkyl halides is 1. The number of imidazole rings is 1. The molecule has 2 aromatic rings. The predicted octanol–water partition coefficient (Wildman–Crippen LogP) is 3.30. The monoisotopic (exact) mass is 309 g/mol. The second-order valence-corrected chi connectivity index (χ2v) is 6.34. The highest BCUT2D eigenvalue weighted by atomic mass is 35.5. The van der Waals surface area contributed by atoms with E-state index in [0.29, 0.717) is 11.8 Å². The van der Waals surface area contributed by atoms with Crippen molar-refractivity contribution in [2.24, 2.45) is 5.92 Å². The van der Waals surface area contributed by atoms with Crippen molar-refractivity contribution >= 4 is 22.6 Å². The molecule has 21 heavy (non-hydrogen) atoms. The first-order valence-electron chi connectivity index (χ1n) is 7.56. The van der Waals surface area contributed by atoms with E-state index in [1.165, 1.54) is 25.0 Å². The molecule has 0 atom stereocenters. The molecular weight excluding hydrogens is 289 g/mol. The molecule has 114 valence electrons. The van der Waals surface area contributed by atoms with E-state index in [1.54, 1.807) is 0 Å². The third-order valence-electron chi connectivity index (χ3n) is 4.39. The molecule has 0 aliphatic carbocycles. The van der Waals surface area contributed by atoms with Crippen LogP contribution in [-0.4, -0.2) is 40.5 Å². The van der Waals surface area contributed by atoms with Gasteiger partial charge < -0.3 is 9.47 Å². The minimum Gasteiger partial charge on any atom is -0.328 e. The molecule has 3 nitrogen and oxygen atoms in total. The Kier molecular flexibility index (Phi) is 4.45. The molecule has 3 rings (SSSR count). The molecule has 1 saturated heterocycles. The Hall–Kier alpha value is -1.13. The van der Waals surface area contributed by atoms with Crippen molar-refractivity contribution in [2.45, 2.75) is 25.8 Å². The van der Waals surface area contributed by atoms with Crippen molar-refractivity contribution in [3.63, 3.8) is 0 Å². The molecule has 0 radical (unpaired) electrons. The van der Waals surface area contributed by atoms with Gasteiger partial charge in [0.25, 0.3) is 0 Å². The van der Waals surface area contributed by atoms with Crippen LogP contribution in [0.15, 0.2) is 18.2 Å². The molecule has 0 saturated carbocycles. The van der Waals surface area contributed by atoms with Crippen LogP contribution in [0.5, 0.6) is 0 Å². The van der Waals surface area contributed by atoms with Crippen LogP contribution in [0.25, 0.3) is 11.0 Å². The fraction of sp³-hybridized carbons (Fsp3) is 0.562. The number of fused-ring (bicyclic) bond motifs is 1. The number of aromatic nitrogens is 2. The van der Waals surface area contributed by atoms with Gasteiger partial charge >= 0.3 is 0 Å². The Bertz CT molecular complexity index is 617. The van der Waals surface area contributed by atoms with Gasteiger partial charge in [0.05, 0.1) is 11.0 Å². The molecule has 0 unspecified atom stereocenters. The van der Waals surface area contributed by atoms with Gasteiger partial charge in [-0.25, -0.2) is 9.37 Å². The van der Waals surface area contributed by atoms with E-state index in [9.17, 15) is 4.39 Å². The lowest BCUT2D eigenvalue weighted by Gasteiger charge is -2.29. The largest absolute Gasteiger partial charge is 0.328 e. The average Bonchev–Trinajstić information content (AvgIpc) is 2.79. The molecule has 1 aliphatic heterocycles. The van der Waals surface area contributed by atoms with Crippen LogP contribution in [0.4, 0.5) is 4.39 Å². The summed E-state index contributed by atoms with van der Waals surface area (Å²) < 4.78 is 15.6. The Morgan fingerprint density at radius 1 is 1.33 bits per heavy atom. The highest BCUT2D eigenvalue weighted by molar-refractivity contribution is 6.17. The first-order chi connectivity index (χ1) is 10.2. The molecule has 0 bridgehead atoms. The van der Waals surface area contributed by atoms with Crippen molar-refractivity contribution in [1.82, 2.24) is 14.5 Å². The van der Waals surface area contributed by atoms with Crippen molar-refractivity contribution in [1.29, 1.82) is 0 Å². The highest BCUT2D eigenvalue weighted by Gasteiger charge is 2.20. The van der Waals surface area contributed by atoms with Crippen LogP contribution < -0.4 is 0 Å². The van der Waals surface area contributed by atoms with E-state index in [4.69, 9.17) is 11.6 Å². The number of benzene rings is 1. The van der Waals surface area contributed by atoms with Gasteiger partial charge in [0.2, 0.25) is 0 Å². The van der Waals surface area contributed by atoms with E-state index >= 15 is 0 Å². The lowest BCUT2D eigenvalue weighted by Crippen LogP contribution is -2.32. The maximum absolute atomic E-state index is 13.4. The summed E-state index contributed by atoms with van der Waals surface area (Å²) in [5.74, 6) is 1.95. The fourth-order valence-corrected chi connectivity index (χ4v) is 3.30. The third-order valence-corrected chi connectivity index (χ3v) is 4.58. The van der Waals surface area contributed by atoms with E-state index in [-0.39, 0.29) is 5.82 Å². The minimum atomic E-state index is -0.233. The molecule has 5 heteroatoms. The zero-order valence-electron chi connectivity index (χ0n) is 12.4. The molecule has 0 spiro atoms. The summed E-state index contributed by atoms with van der Waals surface area (Å²) in [6, 6.07) is 4.86. The van der Waals surface area contributed by atoms with Crippen LogP contribution in [0, 0.1) is 11.7 Å². The number of halogens is 2. The zero-order chi connectivity index (χ0) is 14.8. The second-order valence-electron chi connectivity index (χ2n) is 5.96. The van der Waals surface area contributed by atoms with Gasteiger partial charge in [-0.3, -0.25) is 0 Å². The number of likely N-dealkylation sites (tertiary alicyclic amines) is 1. The normalized spacial score (nSPS) is 17.7. The Morgan fingerprint density at radius 3 is 2.81 bits per heavy atom. The topological polar surface area (TPSA) is 21.1 Å². The summed E-state index contributed by atoms with van der Waals surface area (Å²) in [5.41, 5.74) is 1.76. The molecule has 2 heterocycles. The maximum atomic E-state index is 13.4. The predicted molar refractivity (Wildman–Crippen MR) is 84.3 cm³/mol. The first-order valence-corrected chi connectivity index (χ1v) is 8.10. The molecule has 1 fully saturated rings. The SMILES string of the molecule is CN1CCC(Cn2c(CCCl)nc3cc(F)ccc32)CC1. The van der Waals surface area contributed by atoms with Gasteiger partial charge in [-0.1, -0.05) is 0 Å². The average molecular weight is 310 g/mol. The lowest BCUT2D eigenvalue weighted by atomic mass is 9.97. The summed E-state index contributed by atoms with van der Waals surface area (Å²) in [6.07, 6.45) is 3.14. The first kappa shape index (κ1) is 14.8. The van der Waals surface area contributed by atoms with Gasteiger partial charge in [0, 0.05) is 24.9 Å². The number of hydrogen-bond acceptors (Lipinski definition) is 2. The number of nitrogens with zero attached hydrogens (tertiary/aromatic N) is 3. The molecule has 1 aromatic carbocycles. The third kappa shape index (κ3) is 3.22. The van der Waals surface area contributed by atoms with E-state index in [0.717, 1.165) is 42.9 Å². The summed E-state index contributed by atoms with van der Waals surface area (Å²) >= 11 is 5.89. The van der Waals surface area contributed by atoms with Crippen LogP contribution >= 0.6 is 11.6 Å². The maximum Gasteiger partial charge on any atom is 0.125 e. The molecule has 0 amide bonds. The molecular formula is C16H21ClFN3.